The molecule has 142 valence electrons. The van der Waals surface area contributed by atoms with Gasteiger partial charge in [-0.05, 0) is 60.4 Å². The van der Waals surface area contributed by atoms with Gasteiger partial charge in [-0.25, -0.2) is 9.59 Å². The van der Waals surface area contributed by atoms with Crippen LogP contribution in [0.2, 0.25) is 0 Å². The molecule has 0 aliphatic rings. The number of carbonyl (C=O) groups is 2. The van der Waals surface area contributed by atoms with Crippen molar-refractivity contribution in [3.63, 3.8) is 0 Å². The lowest BCUT2D eigenvalue weighted by Gasteiger charge is -2.11. The molecule has 0 saturated heterocycles. The molecule has 3 rings (SSSR count). The number of hydrogen-bond donors (Lipinski definition) is 0. The fourth-order valence-corrected chi connectivity index (χ4v) is 2.99. The first-order valence-corrected chi connectivity index (χ1v) is 9.28. The van der Waals surface area contributed by atoms with Crippen molar-refractivity contribution in [2.75, 3.05) is 13.2 Å². The van der Waals surface area contributed by atoms with Gasteiger partial charge in [0.25, 0.3) is 0 Å². The molecule has 0 radical (unpaired) electrons. The first-order valence-electron chi connectivity index (χ1n) is 9.28. The molecule has 4 nitrogen and oxygen atoms in total. The third kappa shape index (κ3) is 4.29. The lowest BCUT2D eigenvalue weighted by molar-refractivity contribution is 0.0517. The molecule has 3 aromatic rings. The van der Waals surface area contributed by atoms with Crippen molar-refractivity contribution < 1.29 is 19.1 Å². The summed E-state index contributed by atoms with van der Waals surface area (Å²) in [4.78, 5) is 23.7. The van der Waals surface area contributed by atoms with E-state index >= 15 is 0 Å². The van der Waals surface area contributed by atoms with E-state index in [1.54, 1.807) is 38.1 Å². The van der Waals surface area contributed by atoms with Gasteiger partial charge in [0.2, 0.25) is 0 Å². The van der Waals surface area contributed by atoms with Crippen LogP contribution >= 0.6 is 0 Å². The van der Waals surface area contributed by atoms with Crippen LogP contribution < -0.4 is 0 Å². The summed E-state index contributed by atoms with van der Waals surface area (Å²) >= 11 is 0. The zero-order valence-corrected chi connectivity index (χ0v) is 16.0. The summed E-state index contributed by atoms with van der Waals surface area (Å²) in [5, 5.41) is 0. The highest BCUT2D eigenvalue weighted by Gasteiger charge is 2.11. The van der Waals surface area contributed by atoms with Gasteiger partial charge in [0, 0.05) is 0 Å². The Morgan fingerprint density at radius 1 is 0.607 bits per heavy atom. The molecule has 0 amide bonds. The number of rotatable bonds is 6. The number of carbonyl (C=O) groups excluding carboxylic acids is 2. The van der Waals surface area contributed by atoms with Crippen molar-refractivity contribution >= 4 is 11.9 Å². The topological polar surface area (TPSA) is 52.6 Å². The molecule has 0 bridgehead atoms. The van der Waals surface area contributed by atoms with E-state index in [-0.39, 0.29) is 11.9 Å². The number of esters is 2. The predicted octanol–water partition coefficient (Wildman–Crippen LogP) is 5.37. The van der Waals surface area contributed by atoms with E-state index in [4.69, 9.17) is 9.47 Å². The van der Waals surface area contributed by atoms with E-state index in [0.29, 0.717) is 24.3 Å². The molecule has 0 N–H and O–H groups in total. The molecule has 0 aliphatic carbocycles. The smallest absolute Gasteiger partial charge is 0.338 e. The second kappa shape index (κ2) is 9.00. The average molecular weight is 374 g/mol. The van der Waals surface area contributed by atoms with E-state index < -0.39 is 0 Å². The summed E-state index contributed by atoms with van der Waals surface area (Å²) < 4.78 is 10.1. The van der Waals surface area contributed by atoms with Crippen molar-refractivity contribution in [2.45, 2.75) is 13.8 Å². The molecule has 0 aliphatic heterocycles. The SMILES string of the molecule is CCOC(=O)c1ccc(-c2ccccc2-c2ccc(C(=O)OCC)cc2)cc1. The molecule has 0 spiro atoms. The summed E-state index contributed by atoms with van der Waals surface area (Å²) in [6, 6.07) is 22.8. The average Bonchev–Trinajstić information content (AvgIpc) is 2.74. The Hall–Kier alpha value is -3.40. The summed E-state index contributed by atoms with van der Waals surface area (Å²) in [5.74, 6) is -0.645. The van der Waals surface area contributed by atoms with Crippen molar-refractivity contribution in [1.82, 2.24) is 0 Å². The maximum Gasteiger partial charge on any atom is 0.338 e. The summed E-state index contributed by atoms with van der Waals surface area (Å²) in [6.45, 7) is 4.28. The fourth-order valence-electron chi connectivity index (χ4n) is 2.99. The normalized spacial score (nSPS) is 10.4. The second-order valence-electron chi connectivity index (χ2n) is 6.14. The van der Waals surface area contributed by atoms with Crippen LogP contribution in [-0.2, 0) is 9.47 Å². The van der Waals surface area contributed by atoms with Crippen LogP contribution in [0.4, 0.5) is 0 Å². The monoisotopic (exact) mass is 374 g/mol. The maximum atomic E-state index is 11.9. The summed E-state index contributed by atoms with van der Waals surface area (Å²) in [7, 11) is 0. The minimum Gasteiger partial charge on any atom is -0.462 e. The van der Waals surface area contributed by atoms with E-state index in [1.165, 1.54) is 0 Å². The molecule has 0 heterocycles. The maximum absolute atomic E-state index is 11.9. The van der Waals surface area contributed by atoms with Crippen LogP contribution in [0.3, 0.4) is 0 Å². The third-order valence-electron chi connectivity index (χ3n) is 4.34. The number of hydrogen-bond acceptors (Lipinski definition) is 4. The highest BCUT2D eigenvalue weighted by molar-refractivity contribution is 5.92. The standard InChI is InChI=1S/C24H22O4/c1-3-27-23(25)19-13-9-17(10-14-19)21-7-5-6-8-22(21)18-11-15-20(16-12-18)24(26)28-4-2/h5-16H,3-4H2,1-2H3. The zero-order valence-electron chi connectivity index (χ0n) is 16.0. The Balaban J connectivity index is 1.91. The minimum atomic E-state index is -0.322. The lowest BCUT2D eigenvalue weighted by atomic mass is 9.93. The Bertz CT molecular complexity index is 876. The van der Waals surface area contributed by atoms with Crippen molar-refractivity contribution in [3.05, 3.63) is 83.9 Å². The molecule has 0 atom stereocenters. The first kappa shape index (κ1) is 19.4. The van der Waals surface area contributed by atoms with Crippen LogP contribution in [0, 0.1) is 0 Å². The van der Waals surface area contributed by atoms with Crippen LogP contribution in [0.1, 0.15) is 34.6 Å². The highest BCUT2D eigenvalue weighted by Crippen LogP contribution is 2.32. The van der Waals surface area contributed by atoms with E-state index in [0.717, 1.165) is 22.3 Å². The molecular formula is C24H22O4. The molecule has 0 saturated carbocycles. The van der Waals surface area contributed by atoms with Gasteiger partial charge < -0.3 is 9.47 Å². The van der Waals surface area contributed by atoms with Crippen LogP contribution in [0.5, 0.6) is 0 Å². The molecule has 0 unspecified atom stereocenters. The van der Waals surface area contributed by atoms with Crippen LogP contribution in [0.25, 0.3) is 22.3 Å². The molecule has 0 fully saturated rings. The second-order valence-corrected chi connectivity index (χ2v) is 6.14. The van der Waals surface area contributed by atoms with Gasteiger partial charge in [0.1, 0.15) is 0 Å². The van der Waals surface area contributed by atoms with Gasteiger partial charge in [0.05, 0.1) is 24.3 Å². The predicted molar refractivity (Wildman–Crippen MR) is 109 cm³/mol. The first-order chi connectivity index (χ1) is 13.6. The van der Waals surface area contributed by atoms with E-state index in [2.05, 4.69) is 0 Å². The van der Waals surface area contributed by atoms with Gasteiger partial charge in [-0.2, -0.15) is 0 Å². The third-order valence-corrected chi connectivity index (χ3v) is 4.34. The molecule has 3 aromatic carbocycles. The van der Waals surface area contributed by atoms with Gasteiger partial charge in [-0.1, -0.05) is 48.5 Å². The van der Waals surface area contributed by atoms with Crippen LogP contribution in [0.15, 0.2) is 72.8 Å². The van der Waals surface area contributed by atoms with Crippen molar-refractivity contribution in [2.24, 2.45) is 0 Å². The van der Waals surface area contributed by atoms with Gasteiger partial charge in [-0.15, -0.1) is 0 Å². The lowest BCUT2D eigenvalue weighted by Crippen LogP contribution is -2.04. The zero-order chi connectivity index (χ0) is 19.9. The van der Waals surface area contributed by atoms with Crippen molar-refractivity contribution in [1.29, 1.82) is 0 Å². The number of benzene rings is 3. The Kier molecular flexibility index (Phi) is 6.22. The summed E-state index contributed by atoms with van der Waals surface area (Å²) in [5.41, 5.74) is 5.14. The van der Waals surface area contributed by atoms with Crippen LogP contribution in [-0.4, -0.2) is 25.2 Å². The van der Waals surface area contributed by atoms with Crippen molar-refractivity contribution in [3.8, 4) is 22.3 Å². The summed E-state index contributed by atoms with van der Waals surface area (Å²) in [6.07, 6.45) is 0. The largest absolute Gasteiger partial charge is 0.462 e. The molecule has 4 heteroatoms. The molecular weight excluding hydrogens is 352 g/mol. The molecule has 28 heavy (non-hydrogen) atoms. The Morgan fingerprint density at radius 3 is 1.29 bits per heavy atom. The van der Waals surface area contributed by atoms with E-state index in [9.17, 15) is 9.59 Å². The van der Waals surface area contributed by atoms with E-state index in [1.807, 2.05) is 48.5 Å². The minimum absolute atomic E-state index is 0.322. The highest BCUT2D eigenvalue weighted by atomic mass is 16.5. The quantitative estimate of drug-likeness (QED) is 0.544. The van der Waals surface area contributed by atoms with Gasteiger partial charge in [-0.3, -0.25) is 0 Å². The van der Waals surface area contributed by atoms with Gasteiger partial charge in [0.15, 0.2) is 0 Å². The fraction of sp³-hybridized carbons (Fsp3) is 0.167. The Morgan fingerprint density at radius 2 is 0.964 bits per heavy atom. The number of ether oxygens (including phenoxy) is 2. The molecule has 0 aromatic heterocycles. The Labute approximate surface area is 164 Å². The van der Waals surface area contributed by atoms with Gasteiger partial charge >= 0.3 is 11.9 Å².